The van der Waals surface area contributed by atoms with Crippen LogP contribution >= 0.6 is 0 Å². The van der Waals surface area contributed by atoms with E-state index >= 15 is 0 Å². The molecule has 0 aliphatic carbocycles. The van der Waals surface area contributed by atoms with Gasteiger partial charge in [0, 0.05) is 45.5 Å². The van der Waals surface area contributed by atoms with Crippen LogP contribution in [-0.4, -0.2) is 50.6 Å². The molecule has 2 aromatic heterocycles. The van der Waals surface area contributed by atoms with Gasteiger partial charge in [0.15, 0.2) is 5.69 Å². The minimum atomic E-state index is -4.59. The quantitative estimate of drug-likeness (QED) is 0.669. The monoisotopic (exact) mass is 432 g/mol. The third kappa shape index (κ3) is 4.87. The number of nitrogens with one attached hydrogen (secondary N) is 1. The normalized spacial score (nSPS) is 11.3. The molecule has 0 spiro atoms. The number of nitrogens with zero attached hydrogens (tertiary/aromatic N) is 5. The smallest absolute Gasteiger partial charge is 0.347 e. The summed E-state index contributed by atoms with van der Waals surface area (Å²) in [4.78, 5) is 34.0. The SMILES string of the molecule is CN(C)C(=O)c1cncnc1-c1ccc(CNC(=O)c2cc(C(F)(F)F)n(C)n2)cc1. The summed E-state index contributed by atoms with van der Waals surface area (Å²) in [5.74, 6) is -0.953. The molecule has 0 radical (unpaired) electrons. The standard InChI is InChI=1S/C20H19F3N6O2/c1-28(2)19(31)14-10-24-11-26-17(14)13-6-4-12(5-7-13)9-25-18(30)15-8-16(20(21,22)23)29(3)27-15/h4-8,10-11H,9H2,1-3H3,(H,25,30). The Morgan fingerprint density at radius 1 is 1.16 bits per heavy atom. The zero-order valence-corrected chi connectivity index (χ0v) is 16.9. The number of amides is 2. The van der Waals surface area contributed by atoms with Gasteiger partial charge in [-0.25, -0.2) is 9.97 Å². The predicted molar refractivity (Wildman–Crippen MR) is 105 cm³/mol. The molecule has 0 bridgehead atoms. The molecule has 162 valence electrons. The van der Waals surface area contributed by atoms with Crippen LogP contribution in [0, 0.1) is 0 Å². The lowest BCUT2D eigenvalue weighted by molar-refractivity contribution is -0.143. The van der Waals surface area contributed by atoms with Gasteiger partial charge in [-0.05, 0) is 5.56 Å². The minimum Gasteiger partial charge on any atom is -0.347 e. The van der Waals surface area contributed by atoms with E-state index in [1.807, 2.05) is 0 Å². The third-order valence-electron chi connectivity index (χ3n) is 4.43. The minimum absolute atomic E-state index is 0.0876. The van der Waals surface area contributed by atoms with Gasteiger partial charge in [-0.1, -0.05) is 24.3 Å². The number of rotatable bonds is 5. The van der Waals surface area contributed by atoms with Gasteiger partial charge < -0.3 is 10.2 Å². The van der Waals surface area contributed by atoms with Gasteiger partial charge in [0.1, 0.15) is 12.0 Å². The largest absolute Gasteiger partial charge is 0.433 e. The average molecular weight is 432 g/mol. The molecule has 0 saturated carbocycles. The van der Waals surface area contributed by atoms with E-state index in [1.165, 1.54) is 17.4 Å². The number of hydrogen-bond acceptors (Lipinski definition) is 5. The summed E-state index contributed by atoms with van der Waals surface area (Å²) in [5, 5.41) is 6.16. The fourth-order valence-electron chi connectivity index (χ4n) is 2.85. The van der Waals surface area contributed by atoms with Gasteiger partial charge in [0.25, 0.3) is 11.8 Å². The lowest BCUT2D eigenvalue weighted by Gasteiger charge is -2.13. The maximum absolute atomic E-state index is 12.9. The van der Waals surface area contributed by atoms with Crippen LogP contribution in [0.2, 0.25) is 0 Å². The van der Waals surface area contributed by atoms with Crippen molar-refractivity contribution in [2.24, 2.45) is 7.05 Å². The van der Waals surface area contributed by atoms with Crippen LogP contribution in [0.25, 0.3) is 11.3 Å². The Morgan fingerprint density at radius 3 is 2.42 bits per heavy atom. The lowest BCUT2D eigenvalue weighted by atomic mass is 10.0. The molecule has 11 heteroatoms. The van der Waals surface area contributed by atoms with E-state index in [9.17, 15) is 22.8 Å². The van der Waals surface area contributed by atoms with E-state index in [4.69, 9.17) is 0 Å². The van der Waals surface area contributed by atoms with Crippen molar-refractivity contribution < 1.29 is 22.8 Å². The molecule has 3 aromatic rings. The van der Waals surface area contributed by atoms with Crippen LogP contribution in [0.3, 0.4) is 0 Å². The molecule has 0 atom stereocenters. The fraction of sp³-hybridized carbons (Fsp3) is 0.250. The van der Waals surface area contributed by atoms with Crippen LogP contribution in [0.15, 0.2) is 42.9 Å². The molecule has 1 aromatic carbocycles. The molecular formula is C20H19F3N6O2. The topological polar surface area (TPSA) is 93.0 Å². The van der Waals surface area contributed by atoms with Crippen molar-refractivity contribution in [3.05, 3.63) is 65.4 Å². The fourth-order valence-corrected chi connectivity index (χ4v) is 2.85. The molecular weight excluding hydrogens is 413 g/mol. The summed E-state index contributed by atoms with van der Waals surface area (Å²) in [6.07, 6.45) is -1.80. The van der Waals surface area contributed by atoms with E-state index in [0.29, 0.717) is 33.1 Å². The van der Waals surface area contributed by atoms with Crippen molar-refractivity contribution in [1.82, 2.24) is 30.0 Å². The van der Waals surface area contributed by atoms with Gasteiger partial charge in [-0.3, -0.25) is 14.3 Å². The molecule has 8 nitrogen and oxygen atoms in total. The van der Waals surface area contributed by atoms with E-state index < -0.39 is 17.8 Å². The van der Waals surface area contributed by atoms with Crippen molar-refractivity contribution >= 4 is 11.8 Å². The molecule has 2 amide bonds. The number of benzene rings is 1. The number of aromatic nitrogens is 4. The maximum atomic E-state index is 12.9. The Balaban J connectivity index is 1.71. The van der Waals surface area contributed by atoms with Crippen LogP contribution in [0.1, 0.15) is 32.1 Å². The molecule has 31 heavy (non-hydrogen) atoms. The Labute approximate surface area is 175 Å². The summed E-state index contributed by atoms with van der Waals surface area (Å²) in [6.45, 7) is 0.0876. The lowest BCUT2D eigenvalue weighted by Crippen LogP contribution is -2.23. The number of carbonyl (C=O) groups is 2. The second kappa shape index (κ2) is 8.54. The number of halogens is 3. The second-order valence-electron chi connectivity index (χ2n) is 6.90. The third-order valence-corrected chi connectivity index (χ3v) is 4.43. The number of aryl methyl sites for hydroxylation is 1. The van der Waals surface area contributed by atoms with Crippen molar-refractivity contribution in [1.29, 1.82) is 0 Å². The summed E-state index contributed by atoms with van der Waals surface area (Å²) in [7, 11) is 4.38. The molecule has 3 rings (SSSR count). The Bertz CT molecular complexity index is 1110. The summed E-state index contributed by atoms with van der Waals surface area (Å²) >= 11 is 0. The first kappa shape index (κ1) is 21.9. The number of hydrogen-bond donors (Lipinski definition) is 1. The highest BCUT2D eigenvalue weighted by Gasteiger charge is 2.35. The average Bonchev–Trinajstić information content (AvgIpc) is 3.14. The molecule has 0 aliphatic heterocycles. The number of alkyl halides is 3. The van der Waals surface area contributed by atoms with Gasteiger partial charge in [-0.2, -0.15) is 18.3 Å². The molecule has 0 unspecified atom stereocenters. The summed E-state index contributed by atoms with van der Waals surface area (Å²) < 4.78 is 39.2. The molecule has 1 N–H and O–H groups in total. The highest BCUT2D eigenvalue weighted by Crippen LogP contribution is 2.29. The number of carbonyl (C=O) groups excluding carboxylic acids is 2. The van der Waals surface area contributed by atoms with Crippen molar-refractivity contribution in [3.63, 3.8) is 0 Å². The maximum Gasteiger partial charge on any atom is 0.433 e. The zero-order valence-electron chi connectivity index (χ0n) is 16.9. The first-order valence-electron chi connectivity index (χ1n) is 9.08. The van der Waals surface area contributed by atoms with Crippen LogP contribution in [-0.2, 0) is 19.8 Å². The van der Waals surface area contributed by atoms with E-state index in [1.54, 1.807) is 38.4 Å². The van der Waals surface area contributed by atoms with Gasteiger partial charge in [0.05, 0.1) is 11.3 Å². The van der Waals surface area contributed by atoms with Gasteiger partial charge >= 0.3 is 6.18 Å². The van der Waals surface area contributed by atoms with Crippen molar-refractivity contribution in [3.8, 4) is 11.3 Å². The highest BCUT2D eigenvalue weighted by molar-refractivity contribution is 5.99. The molecule has 0 aliphatic rings. The van der Waals surface area contributed by atoms with Crippen LogP contribution in [0.4, 0.5) is 13.2 Å². The zero-order chi connectivity index (χ0) is 22.8. The van der Waals surface area contributed by atoms with Crippen molar-refractivity contribution in [2.75, 3.05) is 14.1 Å². The van der Waals surface area contributed by atoms with Crippen molar-refractivity contribution in [2.45, 2.75) is 12.7 Å². The van der Waals surface area contributed by atoms with Gasteiger partial charge in [-0.15, -0.1) is 0 Å². The van der Waals surface area contributed by atoms with Gasteiger partial charge in [0.2, 0.25) is 0 Å². The Morgan fingerprint density at radius 2 is 1.84 bits per heavy atom. The van der Waals surface area contributed by atoms with E-state index in [-0.39, 0.29) is 18.1 Å². The molecule has 0 fully saturated rings. The molecule has 2 heterocycles. The second-order valence-corrected chi connectivity index (χ2v) is 6.90. The summed E-state index contributed by atoms with van der Waals surface area (Å²) in [6, 6.07) is 7.62. The first-order valence-corrected chi connectivity index (χ1v) is 9.08. The first-order chi connectivity index (χ1) is 14.6. The predicted octanol–water partition coefficient (Wildman–Crippen LogP) is 2.53. The highest BCUT2D eigenvalue weighted by atomic mass is 19.4. The van der Waals surface area contributed by atoms with E-state index in [0.717, 1.165) is 7.05 Å². The van der Waals surface area contributed by atoms with Crippen LogP contribution in [0.5, 0.6) is 0 Å². The Kier molecular flexibility index (Phi) is 6.04. The van der Waals surface area contributed by atoms with Crippen LogP contribution < -0.4 is 5.32 Å². The van der Waals surface area contributed by atoms with E-state index in [2.05, 4.69) is 20.4 Å². The molecule has 0 saturated heterocycles. The Hall–Kier alpha value is -3.76. The summed E-state index contributed by atoms with van der Waals surface area (Å²) in [5.41, 5.74) is 0.886.